The first-order valence-electron chi connectivity index (χ1n) is 7.77. The zero-order valence-electron chi connectivity index (χ0n) is 13.7. The molecule has 2 N–H and O–H groups in total. The number of methoxy groups -OCH3 is 1. The third-order valence-electron chi connectivity index (χ3n) is 3.69. The first-order chi connectivity index (χ1) is 11.5. The summed E-state index contributed by atoms with van der Waals surface area (Å²) in [7, 11) is 1.48. The summed E-state index contributed by atoms with van der Waals surface area (Å²) in [5.41, 5.74) is 2.08. The van der Waals surface area contributed by atoms with Crippen molar-refractivity contribution >= 4 is 11.9 Å². The van der Waals surface area contributed by atoms with Crippen LogP contribution in [0.25, 0.3) is 11.3 Å². The van der Waals surface area contributed by atoms with Gasteiger partial charge >= 0.3 is 5.97 Å². The molecule has 1 atom stereocenters. The monoisotopic (exact) mass is 331 g/mol. The maximum Gasteiger partial charge on any atom is 0.326 e. The number of carboxylic acids is 1. The number of amides is 1. The van der Waals surface area contributed by atoms with Crippen LogP contribution < -0.4 is 5.32 Å². The molecule has 0 aliphatic rings. The lowest BCUT2D eigenvalue weighted by Crippen LogP contribution is -2.41. The number of aliphatic carboxylic acids is 1. The summed E-state index contributed by atoms with van der Waals surface area (Å²) < 4.78 is 10.4. The second-order valence-corrected chi connectivity index (χ2v) is 5.36. The number of benzene rings is 1. The van der Waals surface area contributed by atoms with E-state index in [1.54, 1.807) is 6.07 Å². The molecule has 6 nitrogen and oxygen atoms in total. The van der Waals surface area contributed by atoms with Crippen molar-refractivity contribution in [1.82, 2.24) is 5.32 Å². The molecule has 24 heavy (non-hydrogen) atoms. The van der Waals surface area contributed by atoms with Crippen LogP contribution in [0.15, 0.2) is 40.8 Å². The summed E-state index contributed by atoms with van der Waals surface area (Å²) in [6.45, 7) is 2.32. The summed E-state index contributed by atoms with van der Waals surface area (Å²) in [5.74, 6) is -1.03. The molecule has 0 saturated carbocycles. The van der Waals surface area contributed by atoms with E-state index in [0.717, 1.165) is 12.0 Å². The highest BCUT2D eigenvalue weighted by atomic mass is 16.5. The van der Waals surface area contributed by atoms with Gasteiger partial charge in [-0.15, -0.1) is 0 Å². The summed E-state index contributed by atoms with van der Waals surface area (Å²) in [6, 6.07) is 10.1. The van der Waals surface area contributed by atoms with Crippen molar-refractivity contribution in [3.8, 4) is 11.3 Å². The van der Waals surface area contributed by atoms with Gasteiger partial charge in [0.05, 0.1) is 0 Å². The Labute approximate surface area is 140 Å². The van der Waals surface area contributed by atoms with Gasteiger partial charge in [0.15, 0.2) is 5.76 Å². The molecule has 0 radical (unpaired) electrons. The van der Waals surface area contributed by atoms with Crippen molar-refractivity contribution in [3.63, 3.8) is 0 Å². The second kappa shape index (κ2) is 8.31. The van der Waals surface area contributed by atoms with E-state index in [2.05, 4.69) is 12.2 Å². The number of furan rings is 1. The number of carbonyl (C=O) groups is 2. The van der Waals surface area contributed by atoms with Crippen LogP contribution in [0.1, 0.15) is 29.5 Å². The van der Waals surface area contributed by atoms with Crippen molar-refractivity contribution in [1.29, 1.82) is 0 Å². The number of rotatable bonds is 8. The lowest BCUT2D eigenvalue weighted by Gasteiger charge is -2.12. The Morgan fingerprint density at radius 2 is 1.92 bits per heavy atom. The van der Waals surface area contributed by atoms with Crippen molar-refractivity contribution in [2.75, 3.05) is 13.7 Å². The van der Waals surface area contributed by atoms with Crippen LogP contribution in [0, 0.1) is 0 Å². The number of hydrogen-bond acceptors (Lipinski definition) is 4. The van der Waals surface area contributed by atoms with E-state index in [-0.39, 0.29) is 18.8 Å². The first kappa shape index (κ1) is 17.7. The van der Waals surface area contributed by atoms with Gasteiger partial charge in [0, 0.05) is 25.7 Å². The fourth-order valence-corrected chi connectivity index (χ4v) is 2.24. The van der Waals surface area contributed by atoms with Gasteiger partial charge < -0.3 is 19.6 Å². The van der Waals surface area contributed by atoms with Crippen LogP contribution in [0.4, 0.5) is 0 Å². The van der Waals surface area contributed by atoms with Crippen molar-refractivity contribution in [2.45, 2.75) is 25.8 Å². The molecule has 1 aromatic heterocycles. The Hall–Kier alpha value is -2.60. The van der Waals surface area contributed by atoms with Crippen molar-refractivity contribution in [2.24, 2.45) is 0 Å². The fourth-order valence-electron chi connectivity index (χ4n) is 2.24. The molecule has 2 rings (SSSR count). The average Bonchev–Trinajstić information content (AvgIpc) is 3.08. The Morgan fingerprint density at radius 3 is 2.50 bits per heavy atom. The van der Waals surface area contributed by atoms with E-state index in [4.69, 9.17) is 14.3 Å². The van der Waals surface area contributed by atoms with Crippen LogP contribution in [0.5, 0.6) is 0 Å². The maximum absolute atomic E-state index is 12.2. The largest absolute Gasteiger partial charge is 0.480 e. The molecule has 1 unspecified atom stereocenters. The van der Waals surface area contributed by atoms with Gasteiger partial charge in [0.2, 0.25) is 0 Å². The molecule has 0 spiro atoms. The highest BCUT2D eigenvalue weighted by Crippen LogP contribution is 2.22. The van der Waals surface area contributed by atoms with Crippen LogP contribution in [-0.4, -0.2) is 36.7 Å². The number of carboxylic acid groups (broad SMARTS) is 1. The molecular weight excluding hydrogens is 310 g/mol. The Bertz CT molecular complexity index is 690. The van der Waals surface area contributed by atoms with Gasteiger partial charge in [0.25, 0.3) is 5.91 Å². The Morgan fingerprint density at radius 1 is 1.21 bits per heavy atom. The normalized spacial score (nSPS) is 11.9. The third kappa shape index (κ3) is 4.45. The standard InChI is InChI=1S/C18H21NO5/c1-3-12-4-6-13(7-5-12)15-8-9-16(24-15)17(20)19-14(18(21)22)10-11-23-2/h4-9,14H,3,10-11H2,1-2H3,(H,19,20)(H,21,22). The molecule has 0 aliphatic carbocycles. The van der Waals surface area contributed by atoms with E-state index in [1.807, 2.05) is 24.3 Å². The number of hydrogen-bond donors (Lipinski definition) is 2. The predicted molar refractivity (Wildman–Crippen MR) is 88.9 cm³/mol. The molecule has 1 heterocycles. The third-order valence-corrected chi connectivity index (χ3v) is 3.69. The average molecular weight is 331 g/mol. The molecule has 128 valence electrons. The maximum atomic E-state index is 12.2. The zero-order valence-corrected chi connectivity index (χ0v) is 13.7. The van der Waals surface area contributed by atoms with Crippen molar-refractivity contribution in [3.05, 3.63) is 47.7 Å². The van der Waals surface area contributed by atoms with E-state index in [0.29, 0.717) is 5.76 Å². The number of aryl methyl sites for hydroxylation is 1. The molecule has 0 saturated heterocycles. The molecule has 0 aliphatic heterocycles. The van der Waals surface area contributed by atoms with Gasteiger partial charge in [-0.2, -0.15) is 0 Å². The van der Waals surface area contributed by atoms with E-state index < -0.39 is 17.9 Å². The van der Waals surface area contributed by atoms with Gasteiger partial charge in [-0.25, -0.2) is 4.79 Å². The van der Waals surface area contributed by atoms with Crippen LogP contribution >= 0.6 is 0 Å². The highest BCUT2D eigenvalue weighted by Gasteiger charge is 2.22. The van der Waals surface area contributed by atoms with Crippen LogP contribution in [-0.2, 0) is 16.0 Å². The zero-order chi connectivity index (χ0) is 17.5. The summed E-state index contributed by atoms with van der Waals surface area (Å²) in [5, 5.41) is 11.6. The molecular formula is C18H21NO5. The predicted octanol–water partition coefficient (Wildman–Crippen LogP) is 2.73. The lowest BCUT2D eigenvalue weighted by atomic mass is 10.1. The first-order valence-corrected chi connectivity index (χ1v) is 7.77. The van der Waals surface area contributed by atoms with E-state index in [9.17, 15) is 9.59 Å². The van der Waals surface area contributed by atoms with Gasteiger partial charge in [-0.1, -0.05) is 31.2 Å². The minimum atomic E-state index is -1.11. The quantitative estimate of drug-likeness (QED) is 0.776. The van der Waals surface area contributed by atoms with Gasteiger partial charge in [-0.3, -0.25) is 4.79 Å². The Kier molecular flexibility index (Phi) is 6.14. The van der Waals surface area contributed by atoms with Crippen LogP contribution in [0.3, 0.4) is 0 Å². The minimum absolute atomic E-state index is 0.0771. The van der Waals surface area contributed by atoms with E-state index >= 15 is 0 Å². The number of ether oxygens (including phenoxy) is 1. The molecule has 6 heteroatoms. The van der Waals surface area contributed by atoms with Gasteiger partial charge in [-0.05, 0) is 24.1 Å². The highest BCUT2D eigenvalue weighted by molar-refractivity contribution is 5.94. The summed E-state index contributed by atoms with van der Waals surface area (Å²) in [6.07, 6.45) is 1.13. The summed E-state index contributed by atoms with van der Waals surface area (Å²) in [4.78, 5) is 23.3. The molecule has 1 amide bonds. The van der Waals surface area contributed by atoms with Gasteiger partial charge in [0.1, 0.15) is 11.8 Å². The number of nitrogens with one attached hydrogen (secondary N) is 1. The molecule has 0 fully saturated rings. The van der Waals surface area contributed by atoms with Crippen molar-refractivity contribution < 1.29 is 23.8 Å². The van der Waals surface area contributed by atoms with E-state index in [1.165, 1.54) is 18.7 Å². The second-order valence-electron chi connectivity index (χ2n) is 5.36. The minimum Gasteiger partial charge on any atom is -0.480 e. The summed E-state index contributed by atoms with van der Waals surface area (Å²) >= 11 is 0. The SMILES string of the molecule is CCc1ccc(-c2ccc(C(=O)NC(CCOC)C(=O)O)o2)cc1. The Balaban J connectivity index is 2.08. The van der Waals surface area contributed by atoms with Crippen LogP contribution in [0.2, 0.25) is 0 Å². The fraction of sp³-hybridized carbons (Fsp3) is 0.333. The smallest absolute Gasteiger partial charge is 0.326 e. The molecule has 0 bridgehead atoms. The topological polar surface area (TPSA) is 88.8 Å². The number of carbonyl (C=O) groups excluding carboxylic acids is 1. The lowest BCUT2D eigenvalue weighted by molar-refractivity contribution is -0.139. The molecule has 1 aromatic carbocycles. The molecule has 2 aromatic rings.